The zero-order valence-electron chi connectivity index (χ0n) is 10.5. The molecule has 7 nitrogen and oxygen atoms in total. The fourth-order valence-corrected chi connectivity index (χ4v) is 1.94. The minimum atomic E-state index is -0.921. The molecule has 0 aromatic carbocycles. The SMILES string of the molecule is CN(CC(=O)N1C[C@@H](O)[C@@H](O)C1)C(=O)c1ccco1. The lowest BCUT2D eigenvalue weighted by molar-refractivity contribution is -0.131. The molecular weight excluding hydrogens is 252 g/mol. The number of hydrogen-bond donors (Lipinski definition) is 2. The summed E-state index contributed by atoms with van der Waals surface area (Å²) in [5.41, 5.74) is 0. The molecule has 0 bridgehead atoms. The molecule has 0 aliphatic carbocycles. The van der Waals surface area contributed by atoms with Crippen molar-refractivity contribution in [2.45, 2.75) is 12.2 Å². The van der Waals surface area contributed by atoms with Gasteiger partial charge in [0.1, 0.15) is 0 Å². The van der Waals surface area contributed by atoms with Gasteiger partial charge in [0.15, 0.2) is 5.76 Å². The standard InChI is InChI=1S/C12H16N2O5/c1-13(12(18)10-3-2-4-19-10)7-11(17)14-5-8(15)9(16)6-14/h2-4,8-9,15-16H,5-7H2,1H3/t8-,9+. The first kappa shape index (κ1) is 13.6. The number of nitrogens with zero attached hydrogens (tertiary/aromatic N) is 2. The molecule has 1 aromatic heterocycles. The van der Waals surface area contributed by atoms with Crippen LogP contribution in [0.25, 0.3) is 0 Å². The highest BCUT2D eigenvalue weighted by Crippen LogP contribution is 2.11. The minimum absolute atomic E-state index is 0.0861. The van der Waals surface area contributed by atoms with E-state index in [1.165, 1.54) is 29.2 Å². The Hall–Kier alpha value is -1.86. The van der Waals surface area contributed by atoms with Crippen LogP contribution < -0.4 is 0 Å². The van der Waals surface area contributed by atoms with Crippen molar-refractivity contribution in [3.05, 3.63) is 24.2 Å². The van der Waals surface area contributed by atoms with Gasteiger partial charge in [0.2, 0.25) is 5.91 Å². The van der Waals surface area contributed by atoms with Crippen molar-refractivity contribution in [2.24, 2.45) is 0 Å². The monoisotopic (exact) mass is 268 g/mol. The van der Waals surface area contributed by atoms with Crippen molar-refractivity contribution in [1.82, 2.24) is 9.80 Å². The van der Waals surface area contributed by atoms with Crippen LogP contribution in [0.4, 0.5) is 0 Å². The molecule has 0 radical (unpaired) electrons. The molecule has 19 heavy (non-hydrogen) atoms. The Kier molecular flexibility index (Phi) is 3.87. The summed E-state index contributed by atoms with van der Waals surface area (Å²) in [5.74, 6) is -0.548. The molecule has 2 heterocycles. The summed E-state index contributed by atoms with van der Waals surface area (Å²) < 4.78 is 4.96. The van der Waals surface area contributed by atoms with Crippen LogP contribution in [-0.2, 0) is 4.79 Å². The Labute approximate surface area is 110 Å². The first-order valence-electron chi connectivity index (χ1n) is 5.92. The number of carbonyl (C=O) groups excluding carboxylic acids is 2. The molecule has 7 heteroatoms. The molecule has 2 amide bonds. The zero-order valence-corrected chi connectivity index (χ0v) is 10.5. The van der Waals surface area contributed by atoms with E-state index in [1.54, 1.807) is 6.07 Å². The lowest BCUT2D eigenvalue weighted by Crippen LogP contribution is -2.40. The van der Waals surface area contributed by atoms with Gasteiger partial charge in [0.05, 0.1) is 25.0 Å². The van der Waals surface area contributed by atoms with Crippen LogP contribution in [0.5, 0.6) is 0 Å². The molecule has 1 saturated heterocycles. The third-order valence-electron chi connectivity index (χ3n) is 3.06. The maximum Gasteiger partial charge on any atom is 0.289 e. The smallest absolute Gasteiger partial charge is 0.289 e. The summed E-state index contributed by atoms with van der Waals surface area (Å²) in [4.78, 5) is 26.3. The quantitative estimate of drug-likeness (QED) is 0.727. The van der Waals surface area contributed by atoms with E-state index in [0.29, 0.717) is 0 Å². The van der Waals surface area contributed by atoms with Crippen LogP contribution in [0, 0.1) is 0 Å². The minimum Gasteiger partial charge on any atom is -0.459 e. The van der Waals surface area contributed by atoms with Crippen molar-refractivity contribution < 1.29 is 24.2 Å². The molecule has 1 aliphatic heterocycles. The van der Waals surface area contributed by atoms with Crippen molar-refractivity contribution in [3.8, 4) is 0 Å². The summed E-state index contributed by atoms with van der Waals surface area (Å²) >= 11 is 0. The summed E-state index contributed by atoms with van der Waals surface area (Å²) in [7, 11) is 1.49. The highest BCUT2D eigenvalue weighted by atomic mass is 16.3. The molecule has 0 saturated carbocycles. The Morgan fingerprint density at radius 3 is 2.58 bits per heavy atom. The number of rotatable bonds is 3. The van der Waals surface area contributed by atoms with Crippen molar-refractivity contribution >= 4 is 11.8 Å². The predicted octanol–water partition coefficient (Wildman–Crippen LogP) is -1.08. The Morgan fingerprint density at radius 1 is 1.42 bits per heavy atom. The number of furan rings is 1. The second-order valence-corrected chi connectivity index (χ2v) is 4.57. The van der Waals surface area contributed by atoms with E-state index in [1.807, 2.05) is 0 Å². The van der Waals surface area contributed by atoms with Gasteiger partial charge in [-0.05, 0) is 12.1 Å². The molecule has 104 valence electrons. The van der Waals surface area contributed by atoms with Crippen LogP contribution in [-0.4, -0.2) is 70.7 Å². The maximum atomic E-state index is 11.9. The first-order valence-corrected chi connectivity index (χ1v) is 5.92. The first-order chi connectivity index (χ1) is 8.99. The molecule has 1 aromatic rings. The summed E-state index contributed by atoms with van der Waals surface area (Å²) in [6, 6.07) is 3.11. The predicted molar refractivity (Wildman–Crippen MR) is 64.3 cm³/mol. The van der Waals surface area contributed by atoms with Gasteiger partial charge >= 0.3 is 0 Å². The lowest BCUT2D eigenvalue weighted by Gasteiger charge is -2.20. The molecular formula is C12H16N2O5. The van der Waals surface area contributed by atoms with E-state index in [2.05, 4.69) is 0 Å². The second-order valence-electron chi connectivity index (χ2n) is 4.57. The van der Waals surface area contributed by atoms with E-state index in [-0.39, 0.29) is 31.3 Å². The summed E-state index contributed by atoms with van der Waals surface area (Å²) in [6.07, 6.45) is -0.458. The van der Waals surface area contributed by atoms with Crippen LogP contribution in [0.2, 0.25) is 0 Å². The topological polar surface area (TPSA) is 94.2 Å². The number of amides is 2. The molecule has 2 rings (SSSR count). The number of aliphatic hydroxyl groups is 2. The molecule has 0 unspecified atom stereocenters. The summed E-state index contributed by atoms with van der Waals surface area (Å²) in [6.45, 7) is 0.0462. The average Bonchev–Trinajstić information content (AvgIpc) is 2.99. The largest absolute Gasteiger partial charge is 0.459 e. The fraction of sp³-hybridized carbons (Fsp3) is 0.500. The van der Waals surface area contributed by atoms with Crippen LogP contribution in [0.3, 0.4) is 0 Å². The third-order valence-corrected chi connectivity index (χ3v) is 3.06. The number of likely N-dealkylation sites (N-methyl/N-ethyl adjacent to an activating group) is 1. The van der Waals surface area contributed by atoms with Crippen molar-refractivity contribution in [1.29, 1.82) is 0 Å². The van der Waals surface area contributed by atoms with Gasteiger partial charge in [-0.25, -0.2) is 0 Å². The van der Waals surface area contributed by atoms with Crippen LogP contribution in [0.1, 0.15) is 10.6 Å². The number of β-amino-alcohol motifs (C(OH)–C–C–N with tert-alkyl or cyclic N) is 2. The molecule has 2 atom stereocenters. The zero-order chi connectivity index (χ0) is 14.0. The van der Waals surface area contributed by atoms with E-state index in [0.717, 1.165) is 0 Å². The van der Waals surface area contributed by atoms with Gasteiger partial charge in [0.25, 0.3) is 5.91 Å². The highest BCUT2D eigenvalue weighted by molar-refractivity contribution is 5.94. The van der Waals surface area contributed by atoms with E-state index < -0.39 is 18.1 Å². The molecule has 2 N–H and O–H groups in total. The van der Waals surface area contributed by atoms with E-state index >= 15 is 0 Å². The number of hydrogen-bond acceptors (Lipinski definition) is 5. The van der Waals surface area contributed by atoms with Gasteiger partial charge in [-0.15, -0.1) is 0 Å². The van der Waals surface area contributed by atoms with Gasteiger partial charge in [-0.2, -0.15) is 0 Å². The van der Waals surface area contributed by atoms with E-state index in [9.17, 15) is 19.8 Å². The molecule has 1 fully saturated rings. The van der Waals surface area contributed by atoms with Gasteiger partial charge in [0, 0.05) is 20.1 Å². The summed E-state index contributed by atoms with van der Waals surface area (Å²) in [5, 5.41) is 18.7. The number of likely N-dealkylation sites (tertiary alicyclic amines) is 1. The Morgan fingerprint density at radius 2 is 2.05 bits per heavy atom. The normalized spacial score (nSPS) is 22.6. The van der Waals surface area contributed by atoms with Crippen LogP contribution >= 0.6 is 0 Å². The van der Waals surface area contributed by atoms with Crippen LogP contribution in [0.15, 0.2) is 22.8 Å². The molecule has 0 spiro atoms. The Balaban J connectivity index is 1.91. The molecule has 1 aliphatic rings. The van der Waals surface area contributed by atoms with Gasteiger partial charge < -0.3 is 24.4 Å². The van der Waals surface area contributed by atoms with Gasteiger partial charge in [-0.3, -0.25) is 9.59 Å². The Bertz CT molecular complexity index is 449. The average molecular weight is 268 g/mol. The van der Waals surface area contributed by atoms with Crippen molar-refractivity contribution in [2.75, 3.05) is 26.7 Å². The lowest BCUT2D eigenvalue weighted by atomic mass is 10.3. The third kappa shape index (κ3) is 2.94. The fourth-order valence-electron chi connectivity index (χ4n) is 1.94. The maximum absolute atomic E-state index is 11.9. The van der Waals surface area contributed by atoms with Gasteiger partial charge in [-0.1, -0.05) is 0 Å². The van der Waals surface area contributed by atoms with Crippen molar-refractivity contribution in [3.63, 3.8) is 0 Å². The highest BCUT2D eigenvalue weighted by Gasteiger charge is 2.33. The number of carbonyl (C=O) groups is 2. The second kappa shape index (κ2) is 5.41. The van der Waals surface area contributed by atoms with E-state index in [4.69, 9.17) is 4.42 Å². The number of aliphatic hydroxyl groups excluding tert-OH is 2.